The van der Waals surface area contributed by atoms with E-state index in [2.05, 4.69) is 10.6 Å². The van der Waals surface area contributed by atoms with Gasteiger partial charge in [-0.15, -0.1) is 0 Å². The van der Waals surface area contributed by atoms with Gasteiger partial charge in [0.25, 0.3) is 0 Å². The van der Waals surface area contributed by atoms with Crippen molar-refractivity contribution in [2.75, 3.05) is 19.8 Å². The fourth-order valence-electron chi connectivity index (χ4n) is 2.57. The second kappa shape index (κ2) is 8.31. The Morgan fingerprint density at radius 2 is 2.09 bits per heavy atom. The molecule has 0 saturated carbocycles. The number of nitrogens with one attached hydrogen (secondary N) is 2. The van der Waals surface area contributed by atoms with E-state index in [0.717, 1.165) is 31.6 Å². The molecule has 0 radical (unpaired) electrons. The third-order valence-corrected chi connectivity index (χ3v) is 3.66. The molecule has 0 bridgehead atoms. The Kier molecular flexibility index (Phi) is 6.42. The summed E-state index contributed by atoms with van der Waals surface area (Å²) < 4.78 is 10.9. The van der Waals surface area contributed by atoms with Crippen molar-refractivity contribution in [3.05, 3.63) is 35.9 Å². The summed E-state index contributed by atoms with van der Waals surface area (Å²) in [5, 5.41) is 6.46. The van der Waals surface area contributed by atoms with Crippen LogP contribution in [0.5, 0.6) is 0 Å². The molecule has 5 heteroatoms. The van der Waals surface area contributed by atoms with Crippen LogP contribution < -0.4 is 10.6 Å². The van der Waals surface area contributed by atoms with E-state index in [1.165, 1.54) is 0 Å². The molecule has 2 N–H and O–H groups in total. The molecule has 0 aromatic heterocycles. The van der Waals surface area contributed by atoms with Gasteiger partial charge in [-0.05, 0) is 39.2 Å². The van der Waals surface area contributed by atoms with E-state index < -0.39 is 11.7 Å². The summed E-state index contributed by atoms with van der Waals surface area (Å²) in [6.07, 6.45) is 1.79. The van der Waals surface area contributed by atoms with Gasteiger partial charge in [0.2, 0.25) is 0 Å². The van der Waals surface area contributed by atoms with Crippen LogP contribution in [0.4, 0.5) is 4.79 Å². The molecule has 0 spiro atoms. The lowest BCUT2D eigenvalue weighted by Gasteiger charge is -2.28. The predicted octanol–water partition coefficient (Wildman–Crippen LogP) is 3.02. The number of carbonyl (C=O) groups excluding carboxylic acids is 1. The van der Waals surface area contributed by atoms with Gasteiger partial charge in [0.1, 0.15) is 5.60 Å². The largest absolute Gasteiger partial charge is 0.444 e. The van der Waals surface area contributed by atoms with E-state index in [0.29, 0.717) is 12.6 Å². The van der Waals surface area contributed by atoms with Crippen LogP contribution in [-0.4, -0.2) is 37.5 Å². The lowest BCUT2D eigenvalue weighted by molar-refractivity contribution is 0.0492. The summed E-state index contributed by atoms with van der Waals surface area (Å²) in [5.74, 6) is 0. The molecule has 2 rings (SSSR count). The van der Waals surface area contributed by atoms with E-state index in [-0.39, 0.29) is 6.04 Å². The minimum absolute atomic E-state index is 0.132. The molecular formula is C18H28N2O3. The first-order valence-electron chi connectivity index (χ1n) is 8.29. The van der Waals surface area contributed by atoms with Crippen molar-refractivity contribution < 1.29 is 14.3 Å². The van der Waals surface area contributed by atoms with Gasteiger partial charge in [0.05, 0.1) is 12.6 Å². The lowest BCUT2D eigenvalue weighted by Crippen LogP contribution is -2.44. The first kappa shape index (κ1) is 17.8. The molecule has 1 aromatic carbocycles. The van der Waals surface area contributed by atoms with E-state index in [4.69, 9.17) is 9.47 Å². The maximum absolute atomic E-state index is 12.1. The lowest BCUT2D eigenvalue weighted by atomic mass is 10.1. The Morgan fingerprint density at radius 3 is 2.70 bits per heavy atom. The summed E-state index contributed by atoms with van der Waals surface area (Å²) in [6.45, 7) is 7.81. The summed E-state index contributed by atoms with van der Waals surface area (Å²) in [7, 11) is 0. The van der Waals surface area contributed by atoms with Crippen LogP contribution in [0.3, 0.4) is 0 Å². The van der Waals surface area contributed by atoms with Gasteiger partial charge >= 0.3 is 6.09 Å². The normalized spacial score (nSPS) is 19.9. The van der Waals surface area contributed by atoms with Gasteiger partial charge in [-0.2, -0.15) is 0 Å². The summed E-state index contributed by atoms with van der Waals surface area (Å²) >= 11 is 0. The molecule has 1 amide bonds. The molecule has 2 atom stereocenters. The second-order valence-electron chi connectivity index (χ2n) is 6.93. The maximum atomic E-state index is 12.1. The van der Waals surface area contributed by atoms with Crippen LogP contribution in [0.1, 0.15) is 45.2 Å². The van der Waals surface area contributed by atoms with Crippen molar-refractivity contribution >= 4 is 6.09 Å². The van der Waals surface area contributed by atoms with E-state index >= 15 is 0 Å². The molecular weight excluding hydrogens is 292 g/mol. The van der Waals surface area contributed by atoms with Gasteiger partial charge in [-0.3, -0.25) is 0 Å². The van der Waals surface area contributed by atoms with Gasteiger partial charge in [-0.25, -0.2) is 4.79 Å². The van der Waals surface area contributed by atoms with Crippen LogP contribution >= 0.6 is 0 Å². The Labute approximate surface area is 138 Å². The third kappa shape index (κ3) is 6.59. The number of ether oxygens (including phenoxy) is 2. The highest BCUT2D eigenvalue weighted by molar-refractivity contribution is 5.68. The number of amides is 1. The maximum Gasteiger partial charge on any atom is 0.408 e. The highest BCUT2D eigenvalue weighted by Crippen LogP contribution is 2.15. The standard InChI is InChI=1S/C18H28N2O3/c1-18(2,3)23-17(21)20-16(14-8-5-4-6-9-14)12-19-15-10-7-11-22-13-15/h4-6,8-9,15-16,19H,7,10-13H2,1-3H3,(H,20,21). The minimum Gasteiger partial charge on any atom is -0.444 e. The van der Waals surface area contributed by atoms with Crippen molar-refractivity contribution in [3.8, 4) is 0 Å². The zero-order valence-electron chi connectivity index (χ0n) is 14.3. The van der Waals surface area contributed by atoms with Crippen molar-refractivity contribution in [3.63, 3.8) is 0 Å². The van der Waals surface area contributed by atoms with Crippen LogP contribution in [0.2, 0.25) is 0 Å². The van der Waals surface area contributed by atoms with Crippen molar-refractivity contribution in [1.29, 1.82) is 0 Å². The number of benzene rings is 1. The summed E-state index contributed by atoms with van der Waals surface area (Å²) in [4.78, 5) is 12.1. The highest BCUT2D eigenvalue weighted by atomic mass is 16.6. The van der Waals surface area contributed by atoms with E-state index in [1.807, 2.05) is 51.1 Å². The molecule has 1 aliphatic heterocycles. The molecule has 1 fully saturated rings. The summed E-state index contributed by atoms with van der Waals surface area (Å²) in [5.41, 5.74) is 0.554. The van der Waals surface area contributed by atoms with Crippen molar-refractivity contribution in [2.45, 2.75) is 51.3 Å². The molecule has 1 heterocycles. The number of carbonyl (C=O) groups is 1. The van der Waals surface area contributed by atoms with Gasteiger partial charge in [0.15, 0.2) is 0 Å². The van der Waals surface area contributed by atoms with Gasteiger partial charge in [-0.1, -0.05) is 30.3 Å². The average molecular weight is 320 g/mol. The molecule has 1 saturated heterocycles. The topological polar surface area (TPSA) is 59.6 Å². The third-order valence-electron chi connectivity index (χ3n) is 3.66. The number of hydrogen-bond acceptors (Lipinski definition) is 4. The van der Waals surface area contributed by atoms with Gasteiger partial charge in [0, 0.05) is 19.2 Å². The molecule has 1 aromatic rings. The van der Waals surface area contributed by atoms with Crippen LogP contribution in [-0.2, 0) is 9.47 Å². The van der Waals surface area contributed by atoms with Gasteiger partial charge < -0.3 is 20.1 Å². The first-order valence-corrected chi connectivity index (χ1v) is 8.29. The monoisotopic (exact) mass is 320 g/mol. The number of alkyl carbamates (subject to hydrolysis) is 1. The van der Waals surface area contributed by atoms with E-state index in [9.17, 15) is 4.79 Å². The molecule has 5 nitrogen and oxygen atoms in total. The Balaban J connectivity index is 1.96. The Morgan fingerprint density at radius 1 is 1.35 bits per heavy atom. The SMILES string of the molecule is CC(C)(C)OC(=O)NC(CNC1CCCOC1)c1ccccc1. The fraction of sp³-hybridized carbons (Fsp3) is 0.611. The Hall–Kier alpha value is -1.59. The molecule has 0 aliphatic carbocycles. The molecule has 2 unspecified atom stereocenters. The second-order valence-corrected chi connectivity index (χ2v) is 6.93. The number of rotatable bonds is 5. The smallest absolute Gasteiger partial charge is 0.408 e. The van der Waals surface area contributed by atoms with E-state index in [1.54, 1.807) is 0 Å². The summed E-state index contributed by atoms with van der Waals surface area (Å²) in [6, 6.07) is 10.2. The highest BCUT2D eigenvalue weighted by Gasteiger charge is 2.22. The Bertz CT molecular complexity index is 479. The molecule has 128 valence electrons. The van der Waals surface area contributed by atoms with Crippen LogP contribution in [0.25, 0.3) is 0 Å². The number of hydrogen-bond donors (Lipinski definition) is 2. The minimum atomic E-state index is -0.504. The fourth-order valence-corrected chi connectivity index (χ4v) is 2.57. The van der Waals surface area contributed by atoms with Crippen LogP contribution in [0, 0.1) is 0 Å². The van der Waals surface area contributed by atoms with Crippen LogP contribution in [0.15, 0.2) is 30.3 Å². The zero-order chi connectivity index (χ0) is 16.7. The zero-order valence-corrected chi connectivity index (χ0v) is 14.3. The van der Waals surface area contributed by atoms with Crippen molar-refractivity contribution in [2.24, 2.45) is 0 Å². The average Bonchev–Trinajstić information content (AvgIpc) is 2.51. The first-order chi connectivity index (χ1) is 10.9. The molecule has 1 aliphatic rings. The quantitative estimate of drug-likeness (QED) is 0.875. The van der Waals surface area contributed by atoms with Crippen molar-refractivity contribution in [1.82, 2.24) is 10.6 Å². The molecule has 23 heavy (non-hydrogen) atoms. The predicted molar refractivity (Wildman–Crippen MR) is 90.4 cm³/mol.